The van der Waals surface area contributed by atoms with Crippen LogP contribution in [0.15, 0.2) is 24.3 Å². The Morgan fingerprint density at radius 3 is 2.70 bits per heavy atom. The minimum absolute atomic E-state index is 0.678. The first-order valence-electron chi connectivity index (χ1n) is 7.83. The van der Waals surface area contributed by atoms with Gasteiger partial charge in [-0.1, -0.05) is 31.2 Å². The number of likely N-dealkylation sites (N-methyl/N-ethyl adjacent to an activating group) is 1. The Morgan fingerprint density at radius 1 is 1.20 bits per heavy atom. The number of hydrogen-bond donors (Lipinski definition) is 1. The predicted molar refractivity (Wildman–Crippen MR) is 81.9 cm³/mol. The first-order valence-corrected chi connectivity index (χ1v) is 7.83. The molecule has 1 aromatic rings. The second-order valence-electron chi connectivity index (χ2n) is 5.44. The normalized spacial score (nSPS) is 16.4. The van der Waals surface area contributed by atoms with Crippen LogP contribution in [0.1, 0.15) is 30.9 Å². The van der Waals surface area contributed by atoms with E-state index in [1.807, 2.05) is 0 Å². The standard InChI is InChI=1S/C17H27NO2/c1-2-18-10-7-16-5-3-4-6-17(16)14-20-13-15-8-11-19-12-9-15/h3-6,15,18H,2,7-14H2,1H3. The molecule has 112 valence electrons. The predicted octanol–water partition coefficient (Wildman–Crippen LogP) is 2.78. The smallest absolute Gasteiger partial charge is 0.0719 e. The van der Waals surface area contributed by atoms with Crippen molar-refractivity contribution in [2.45, 2.75) is 32.8 Å². The van der Waals surface area contributed by atoms with Crippen LogP contribution in [-0.4, -0.2) is 32.9 Å². The van der Waals surface area contributed by atoms with Crippen molar-refractivity contribution in [2.75, 3.05) is 32.9 Å². The largest absolute Gasteiger partial charge is 0.381 e. The maximum Gasteiger partial charge on any atom is 0.0719 e. The van der Waals surface area contributed by atoms with E-state index in [2.05, 4.69) is 36.5 Å². The van der Waals surface area contributed by atoms with Gasteiger partial charge >= 0.3 is 0 Å². The van der Waals surface area contributed by atoms with Crippen LogP contribution in [0, 0.1) is 5.92 Å². The van der Waals surface area contributed by atoms with Crippen molar-refractivity contribution in [3.05, 3.63) is 35.4 Å². The van der Waals surface area contributed by atoms with Crippen LogP contribution in [0.4, 0.5) is 0 Å². The monoisotopic (exact) mass is 277 g/mol. The third-order valence-electron chi connectivity index (χ3n) is 3.89. The van der Waals surface area contributed by atoms with Crippen LogP contribution in [0.3, 0.4) is 0 Å². The number of ether oxygens (including phenoxy) is 2. The summed E-state index contributed by atoms with van der Waals surface area (Å²) < 4.78 is 11.3. The van der Waals surface area contributed by atoms with E-state index in [-0.39, 0.29) is 0 Å². The zero-order valence-corrected chi connectivity index (χ0v) is 12.6. The average molecular weight is 277 g/mol. The molecule has 0 radical (unpaired) electrons. The van der Waals surface area contributed by atoms with Gasteiger partial charge in [-0.3, -0.25) is 0 Å². The highest BCUT2D eigenvalue weighted by molar-refractivity contribution is 5.26. The fourth-order valence-electron chi connectivity index (χ4n) is 2.59. The summed E-state index contributed by atoms with van der Waals surface area (Å²) >= 11 is 0. The van der Waals surface area contributed by atoms with Crippen molar-refractivity contribution in [2.24, 2.45) is 5.92 Å². The molecular formula is C17H27NO2. The number of nitrogens with one attached hydrogen (secondary N) is 1. The molecule has 1 saturated heterocycles. The van der Waals surface area contributed by atoms with E-state index >= 15 is 0 Å². The first-order chi connectivity index (χ1) is 9.90. The molecule has 0 bridgehead atoms. The van der Waals surface area contributed by atoms with Crippen LogP contribution in [0.5, 0.6) is 0 Å². The van der Waals surface area contributed by atoms with Gasteiger partial charge in [-0.25, -0.2) is 0 Å². The van der Waals surface area contributed by atoms with Gasteiger partial charge in [-0.05, 0) is 49.4 Å². The van der Waals surface area contributed by atoms with Gasteiger partial charge in [0, 0.05) is 13.2 Å². The van der Waals surface area contributed by atoms with Gasteiger partial charge in [0.25, 0.3) is 0 Å². The van der Waals surface area contributed by atoms with Crippen molar-refractivity contribution in [1.82, 2.24) is 5.32 Å². The number of benzene rings is 1. The summed E-state index contributed by atoms with van der Waals surface area (Å²) in [4.78, 5) is 0. The molecule has 20 heavy (non-hydrogen) atoms. The quantitative estimate of drug-likeness (QED) is 0.741. The molecule has 0 aliphatic carbocycles. The Labute approximate surface area is 122 Å². The third-order valence-corrected chi connectivity index (χ3v) is 3.89. The molecule has 1 aliphatic heterocycles. The Morgan fingerprint density at radius 2 is 1.95 bits per heavy atom. The summed E-state index contributed by atoms with van der Waals surface area (Å²) in [6, 6.07) is 8.61. The summed E-state index contributed by atoms with van der Waals surface area (Å²) in [5.41, 5.74) is 2.73. The SMILES string of the molecule is CCNCCc1ccccc1COCC1CCOCC1. The van der Waals surface area contributed by atoms with Crippen molar-refractivity contribution in [1.29, 1.82) is 0 Å². The van der Waals surface area contributed by atoms with Crippen molar-refractivity contribution in [3.8, 4) is 0 Å². The molecule has 0 atom stereocenters. The second-order valence-corrected chi connectivity index (χ2v) is 5.44. The van der Waals surface area contributed by atoms with Crippen molar-refractivity contribution < 1.29 is 9.47 Å². The molecule has 0 saturated carbocycles. The summed E-state index contributed by atoms with van der Waals surface area (Å²) in [5.74, 6) is 0.678. The molecule has 3 nitrogen and oxygen atoms in total. The molecule has 0 aromatic heterocycles. The zero-order chi connectivity index (χ0) is 14.0. The minimum atomic E-state index is 0.678. The number of hydrogen-bond acceptors (Lipinski definition) is 3. The van der Waals surface area contributed by atoms with E-state index in [0.29, 0.717) is 5.92 Å². The Bertz CT molecular complexity index is 375. The molecule has 1 heterocycles. The van der Waals surface area contributed by atoms with Crippen LogP contribution in [-0.2, 0) is 22.5 Å². The van der Waals surface area contributed by atoms with E-state index in [1.54, 1.807) is 0 Å². The molecule has 1 fully saturated rings. The third kappa shape index (κ3) is 5.23. The molecule has 0 amide bonds. The zero-order valence-electron chi connectivity index (χ0n) is 12.6. The first kappa shape index (κ1) is 15.5. The molecule has 1 aliphatic rings. The fourth-order valence-corrected chi connectivity index (χ4v) is 2.59. The van der Waals surface area contributed by atoms with Gasteiger partial charge in [0.15, 0.2) is 0 Å². The molecule has 1 aromatic carbocycles. The average Bonchev–Trinajstić information content (AvgIpc) is 2.50. The van der Waals surface area contributed by atoms with Gasteiger partial charge in [0.2, 0.25) is 0 Å². The lowest BCUT2D eigenvalue weighted by molar-refractivity contribution is 0.0156. The van der Waals surface area contributed by atoms with Crippen molar-refractivity contribution >= 4 is 0 Å². The van der Waals surface area contributed by atoms with E-state index in [0.717, 1.165) is 58.8 Å². The summed E-state index contributed by atoms with van der Waals surface area (Å²) in [5, 5.41) is 3.38. The van der Waals surface area contributed by atoms with Gasteiger partial charge in [0.05, 0.1) is 13.2 Å². The Hall–Kier alpha value is -0.900. The highest BCUT2D eigenvalue weighted by atomic mass is 16.5. The van der Waals surface area contributed by atoms with E-state index in [9.17, 15) is 0 Å². The molecule has 0 unspecified atom stereocenters. The van der Waals surface area contributed by atoms with Crippen molar-refractivity contribution in [3.63, 3.8) is 0 Å². The van der Waals surface area contributed by atoms with E-state index in [1.165, 1.54) is 11.1 Å². The molecule has 0 spiro atoms. The van der Waals surface area contributed by atoms with Gasteiger partial charge < -0.3 is 14.8 Å². The maximum absolute atomic E-state index is 5.93. The van der Waals surface area contributed by atoms with Crippen LogP contribution in [0.2, 0.25) is 0 Å². The summed E-state index contributed by atoms with van der Waals surface area (Å²) in [6.45, 7) is 7.60. The van der Waals surface area contributed by atoms with Gasteiger partial charge in [0.1, 0.15) is 0 Å². The van der Waals surface area contributed by atoms with E-state index < -0.39 is 0 Å². The van der Waals surface area contributed by atoms with Crippen LogP contribution in [0.25, 0.3) is 0 Å². The molecule has 2 rings (SSSR count). The van der Waals surface area contributed by atoms with Crippen LogP contribution < -0.4 is 5.32 Å². The lowest BCUT2D eigenvalue weighted by atomic mass is 10.0. The molecule has 1 N–H and O–H groups in total. The van der Waals surface area contributed by atoms with Crippen LogP contribution >= 0.6 is 0 Å². The fraction of sp³-hybridized carbons (Fsp3) is 0.647. The lowest BCUT2D eigenvalue weighted by Crippen LogP contribution is -2.20. The number of rotatable bonds is 8. The summed E-state index contributed by atoms with van der Waals surface area (Å²) in [7, 11) is 0. The summed E-state index contributed by atoms with van der Waals surface area (Å²) in [6.07, 6.45) is 3.36. The highest BCUT2D eigenvalue weighted by Crippen LogP contribution is 2.16. The topological polar surface area (TPSA) is 30.5 Å². The van der Waals surface area contributed by atoms with Gasteiger partial charge in [-0.15, -0.1) is 0 Å². The Balaban J connectivity index is 1.76. The highest BCUT2D eigenvalue weighted by Gasteiger charge is 2.13. The van der Waals surface area contributed by atoms with E-state index in [4.69, 9.17) is 9.47 Å². The Kier molecular flexibility index (Phi) is 7.06. The maximum atomic E-state index is 5.93. The lowest BCUT2D eigenvalue weighted by Gasteiger charge is -2.22. The minimum Gasteiger partial charge on any atom is -0.381 e. The molecule has 3 heteroatoms. The second kappa shape index (κ2) is 9.11. The van der Waals surface area contributed by atoms with Gasteiger partial charge in [-0.2, -0.15) is 0 Å². The molecular weight excluding hydrogens is 250 g/mol.